The fourth-order valence-corrected chi connectivity index (χ4v) is 2.94. The van der Waals surface area contributed by atoms with Crippen molar-refractivity contribution < 1.29 is 0 Å². The average Bonchev–Trinajstić information content (AvgIpc) is 2.91. The SMILES string of the molecule is CCC1CCc2c(cccc2N=C2NCCN2)C1. The van der Waals surface area contributed by atoms with Crippen LogP contribution >= 0.6 is 0 Å². The van der Waals surface area contributed by atoms with Crippen LogP contribution in [-0.4, -0.2) is 19.0 Å². The summed E-state index contributed by atoms with van der Waals surface area (Å²) in [5.74, 6) is 1.80. The highest BCUT2D eigenvalue weighted by atomic mass is 15.2. The maximum absolute atomic E-state index is 4.72. The van der Waals surface area contributed by atoms with Crippen LogP contribution in [0.25, 0.3) is 0 Å². The lowest BCUT2D eigenvalue weighted by atomic mass is 9.82. The van der Waals surface area contributed by atoms with E-state index < -0.39 is 0 Å². The summed E-state index contributed by atoms with van der Waals surface area (Å²) in [6, 6.07) is 6.56. The van der Waals surface area contributed by atoms with Gasteiger partial charge in [-0.2, -0.15) is 0 Å². The minimum atomic E-state index is 0.864. The zero-order valence-electron chi connectivity index (χ0n) is 11.0. The number of benzene rings is 1. The van der Waals surface area contributed by atoms with Crippen LogP contribution in [0.3, 0.4) is 0 Å². The van der Waals surface area contributed by atoms with Crippen LogP contribution in [0.2, 0.25) is 0 Å². The van der Waals surface area contributed by atoms with Gasteiger partial charge in [-0.25, -0.2) is 4.99 Å². The lowest BCUT2D eigenvalue weighted by Gasteiger charge is -2.24. The molecule has 0 aromatic heterocycles. The molecule has 1 atom stereocenters. The quantitative estimate of drug-likeness (QED) is 0.836. The van der Waals surface area contributed by atoms with Crippen LogP contribution in [0.4, 0.5) is 5.69 Å². The first-order valence-corrected chi connectivity index (χ1v) is 7.04. The first-order chi connectivity index (χ1) is 8.86. The molecule has 0 amide bonds. The second-order valence-electron chi connectivity index (χ2n) is 5.25. The molecule has 0 spiro atoms. The number of nitrogens with one attached hydrogen (secondary N) is 2. The largest absolute Gasteiger partial charge is 0.354 e. The smallest absolute Gasteiger partial charge is 0.196 e. The molecule has 1 unspecified atom stereocenters. The van der Waals surface area contributed by atoms with Crippen LogP contribution in [0, 0.1) is 5.92 Å². The Morgan fingerprint density at radius 2 is 2.11 bits per heavy atom. The number of aliphatic imine (C=N–C) groups is 1. The van der Waals surface area contributed by atoms with Crippen LogP contribution in [0.5, 0.6) is 0 Å². The fraction of sp³-hybridized carbons (Fsp3) is 0.533. The highest BCUT2D eigenvalue weighted by Crippen LogP contribution is 2.33. The van der Waals surface area contributed by atoms with E-state index in [4.69, 9.17) is 4.99 Å². The first kappa shape index (κ1) is 11.6. The zero-order chi connectivity index (χ0) is 12.4. The normalized spacial score (nSPS) is 22.1. The van der Waals surface area contributed by atoms with Crippen molar-refractivity contribution in [2.45, 2.75) is 32.6 Å². The summed E-state index contributed by atoms with van der Waals surface area (Å²) in [6.07, 6.45) is 5.01. The van der Waals surface area contributed by atoms with E-state index in [1.54, 1.807) is 0 Å². The molecule has 0 radical (unpaired) electrons. The molecule has 2 aliphatic rings. The molecule has 3 rings (SSSR count). The molecule has 1 aliphatic carbocycles. The Kier molecular flexibility index (Phi) is 3.22. The molecule has 1 saturated heterocycles. The Morgan fingerprint density at radius 1 is 1.28 bits per heavy atom. The molecule has 2 N–H and O–H groups in total. The molecule has 1 aromatic carbocycles. The van der Waals surface area contributed by atoms with Gasteiger partial charge in [-0.1, -0.05) is 25.5 Å². The Morgan fingerprint density at radius 3 is 2.89 bits per heavy atom. The molecule has 96 valence electrons. The maximum atomic E-state index is 4.72. The minimum absolute atomic E-state index is 0.864. The summed E-state index contributed by atoms with van der Waals surface area (Å²) in [5.41, 5.74) is 4.12. The lowest BCUT2D eigenvalue weighted by molar-refractivity contribution is 0.445. The van der Waals surface area contributed by atoms with Crippen molar-refractivity contribution in [2.24, 2.45) is 10.9 Å². The topological polar surface area (TPSA) is 36.4 Å². The Balaban J connectivity index is 1.90. The Labute approximate surface area is 109 Å². The molecule has 3 heteroatoms. The van der Waals surface area contributed by atoms with E-state index in [2.05, 4.69) is 35.8 Å². The third-order valence-electron chi connectivity index (χ3n) is 4.08. The van der Waals surface area contributed by atoms with E-state index in [-0.39, 0.29) is 0 Å². The van der Waals surface area contributed by atoms with Gasteiger partial charge in [0.15, 0.2) is 5.96 Å². The third-order valence-corrected chi connectivity index (χ3v) is 4.08. The second kappa shape index (κ2) is 5.01. The van der Waals surface area contributed by atoms with Gasteiger partial charge in [0.1, 0.15) is 0 Å². The van der Waals surface area contributed by atoms with Gasteiger partial charge >= 0.3 is 0 Å². The highest BCUT2D eigenvalue weighted by Gasteiger charge is 2.19. The van der Waals surface area contributed by atoms with Crippen molar-refractivity contribution in [3.05, 3.63) is 29.3 Å². The highest BCUT2D eigenvalue weighted by molar-refractivity contribution is 5.84. The van der Waals surface area contributed by atoms with Gasteiger partial charge in [0, 0.05) is 13.1 Å². The van der Waals surface area contributed by atoms with Crippen LogP contribution in [0.1, 0.15) is 30.9 Å². The van der Waals surface area contributed by atoms with Crippen molar-refractivity contribution in [1.82, 2.24) is 10.6 Å². The van der Waals surface area contributed by atoms with Gasteiger partial charge in [-0.15, -0.1) is 0 Å². The predicted molar refractivity (Wildman–Crippen MR) is 75.3 cm³/mol. The molecule has 0 saturated carbocycles. The molecule has 1 fully saturated rings. The molecule has 18 heavy (non-hydrogen) atoms. The molecule has 1 aromatic rings. The number of fused-ring (bicyclic) bond motifs is 1. The van der Waals surface area contributed by atoms with Gasteiger partial charge < -0.3 is 10.6 Å². The lowest BCUT2D eigenvalue weighted by Crippen LogP contribution is -2.23. The van der Waals surface area contributed by atoms with E-state index in [1.165, 1.54) is 36.8 Å². The van der Waals surface area contributed by atoms with E-state index in [1.807, 2.05) is 0 Å². The van der Waals surface area contributed by atoms with E-state index in [9.17, 15) is 0 Å². The average molecular weight is 243 g/mol. The van der Waals surface area contributed by atoms with Crippen molar-refractivity contribution in [1.29, 1.82) is 0 Å². The van der Waals surface area contributed by atoms with E-state index in [0.717, 1.165) is 30.7 Å². The summed E-state index contributed by atoms with van der Waals surface area (Å²) in [5, 5.41) is 6.54. The van der Waals surface area contributed by atoms with Gasteiger partial charge in [0.05, 0.1) is 5.69 Å². The number of hydrogen-bond donors (Lipinski definition) is 2. The third kappa shape index (κ3) is 2.22. The molecule has 1 heterocycles. The summed E-state index contributed by atoms with van der Waals surface area (Å²) < 4.78 is 0. The van der Waals surface area contributed by atoms with Gasteiger partial charge in [0.25, 0.3) is 0 Å². The Bertz CT molecular complexity index is 457. The minimum Gasteiger partial charge on any atom is -0.354 e. The first-order valence-electron chi connectivity index (χ1n) is 7.04. The molecule has 0 bridgehead atoms. The summed E-state index contributed by atoms with van der Waals surface area (Å²) in [6.45, 7) is 4.25. The predicted octanol–water partition coefficient (Wildman–Crippen LogP) is 2.38. The zero-order valence-corrected chi connectivity index (χ0v) is 11.0. The van der Waals surface area contributed by atoms with Gasteiger partial charge in [-0.3, -0.25) is 0 Å². The van der Waals surface area contributed by atoms with Crippen molar-refractivity contribution in [3.8, 4) is 0 Å². The molecule has 3 nitrogen and oxygen atoms in total. The van der Waals surface area contributed by atoms with E-state index in [0.29, 0.717) is 0 Å². The van der Waals surface area contributed by atoms with Crippen LogP contribution < -0.4 is 10.6 Å². The van der Waals surface area contributed by atoms with Gasteiger partial charge in [-0.05, 0) is 42.4 Å². The van der Waals surface area contributed by atoms with E-state index >= 15 is 0 Å². The summed E-state index contributed by atoms with van der Waals surface area (Å²) >= 11 is 0. The number of hydrogen-bond acceptors (Lipinski definition) is 1. The molecule has 1 aliphatic heterocycles. The van der Waals surface area contributed by atoms with Gasteiger partial charge in [0.2, 0.25) is 0 Å². The fourth-order valence-electron chi connectivity index (χ4n) is 2.94. The molecular formula is C15H21N3. The number of guanidine groups is 1. The summed E-state index contributed by atoms with van der Waals surface area (Å²) in [4.78, 5) is 4.72. The number of nitrogens with zero attached hydrogens (tertiary/aromatic N) is 1. The standard InChI is InChI=1S/C15H21N3/c1-2-11-6-7-13-12(10-11)4-3-5-14(13)18-15-16-8-9-17-15/h3-5,11H,2,6-10H2,1H3,(H2,16,17,18). The Hall–Kier alpha value is -1.51. The maximum Gasteiger partial charge on any atom is 0.196 e. The van der Waals surface area contributed by atoms with Crippen LogP contribution in [-0.2, 0) is 12.8 Å². The van der Waals surface area contributed by atoms with Crippen molar-refractivity contribution >= 4 is 11.6 Å². The second-order valence-corrected chi connectivity index (χ2v) is 5.25. The number of rotatable bonds is 2. The van der Waals surface area contributed by atoms with Crippen molar-refractivity contribution in [3.63, 3.8) is 0 Å². The summed E-state index contributed by atoms with van der Waals surface area (Å²) in [7, 11) is 0. The van der Waals surface area contributed by atoms with Crippen molar-refractivity contribution in [2.75, 3.05) is 13.1 Å². The van der Waals surface area contributed by atoms with Crippen LogP contribution in [0.15, 0.2) is 23.2 Å². The monoisotopic (exact) mass is 243 g/mol. The molecular weight excluding hydrogens is 222 g/mol.